The van der Waals surface area contributed by atoms with Crippen molar-refractivity contribution in [2.45, 2.75) is 51.7 Å². The molecular formula is C22H24BClFNO3. The van der Waals surface area contributed by atoms with Gasteiger partial charge < -0.3 is 14.2 Å². The smallest absolute Gasteiger partial charge is 0.399 e. The topological polar surface area (TPSA) is 38.8 Å². The second-order valence-corrected chi connectivity index (χ2v) is 9.04. The van der Waals surface area contributed by atoms with Crippen LogP contribution >= 0.6 is 11.6 Å². The third-order valence-electron chi connectivity index (χ3n) is 6.17. The fraction of sp³-hybridized carbons (Fsp3) is 0.409. The summed E-state index contributed by atoms with van der Waals surface area (Å²) < 4.78 is 26.6. The lowest BCUT2D eigenvalue weighted by Gasteiger charge is -2.32. The predicted molar refractivity (Wildman–Crippen MR) is 114 cm³/mol. The standard InChI is InChI=1S/C22H24BClFNO3/c1-21(2)22(3,4)29-23(28-21)15-10-11-18-14(13-15)7-6-12-26(18)20(27)19-16(24)8-5-9-17(19)25/h5,8-11,13H,6-7,12H2,1-4H3. The highest BCUT2D eigenvalue weighted by molar-refractivity contribution is 6.62. The minimum atomic E-state index is -0.608. The monoisotopic (exact) mass is 415 g/mol. The van der Waals surface area contributed by atoms with Crippen molar-refractivity contribution in [1.82, 2.24) is 0 Å². The van der Waals surface area contributed by atoms with Crippen molar-refractivity contribution in [2.75, 3.05) is 11.4 Å². The van der Waals surface area contributed by atoms with Crippen LogP contribution in [0.1, 0.15) is 50.0 Å². The van der Waals surface area contributed by atoms with Crippen molar-refractivity contribution in [3.63, 3.8) is 0 Å². The van der Waals surface area contributed by atoms with Crippen LogP contribution in [0.4, 0.5) is 10.1 Å². The average Bonchev–Trinajstić information content (AvgIpc) is 2.88. The van der Waals surface area contributed by atoms with E-state index in [0.29, 0.717) is 6.54 Å². The molecule has 1 amide bonds. The number of carbonyl (C=O) groups is 1. The molecule has 1 fully saturated rings. The van der Waals surface area contributed by atoms with Gasteiger partial charge in [0.1, 0.15) is 5.82 Å². The number of nitrogens with zero attached hydrogens (tertiary/aromatic N) is 1. The Balaban J connectivity index is 1.66. The van der Waals surface area contributed by atoms with Gasteiger partial charge in [0.25, 0.3) is 5.91 Å². The molecule has 0 bridgehead atoms. The lowest BCUT2D eigenvalue weighted by molar-refractivity contribution is 0.00578. The van der Waals surface area contributed by atoms with Gasteiger partial charge in [0.15, 0.2) is 0 Å². The second-order valence-electron chi connectivity index (χ2n) is 8.63. The quantitative estimate of drug-likeness (QED) is 0.684. The Kier molecular flexibility index (Phi) is 5.00. The van der Waals surface area contributed by atoms with Crippen molar-refractivity contribution in [2.24, 2.45) is 0 Å². The maximum atomic E-state index is 14.3. The van der Waals surface area contributed by atoms with E-state index in [-0.39, 0.29) is 10.6 Å². The molecule has 0 aromatic heterocycles. The van der Waals surface area contributed by atoms with E-state index in [9.17, 15) is 9.18 Å². The number of hydrogen-bond donors (Lipinski definition) is 0. The summed E-state index contributed by atoms with van der Waals surface area (Å²) >= 11 is 6.11. The van der Waals surface area contributed by atoms with Crippen LogP contribution in [-0.4, -0.2) is 30.8 Å². The number of halogens is 2. The number of amides is 1. The van der Waals surface area contributed by atoms with Crippen LogP contribution in [-0.2, 0) is 15.7 Å². The van der Waals surface area contributed by atoms with Gasteiger partial charge in [-0.15, -0.1) is 0 Å². The molecule has 1 saturated heterocycles. The zero-order chi connectivity index (χ0) is 21.0. The highest BCUT2D eigenvalue weighted by Crippen LogP contribution is 2.37. The molecular weight excluding hydrogens is 392 g/mol. The Morgan fingerprint density at radius 2 is 1.83 bits per heavy atom. The Hall–Kier alpha value is -1.89. The van der Waals surface area contributed by atoms with Gasteiger partial charge in [0.2, 0.25) is 0 Å². The third kappa shape index (κ3) is 3.47. The van der Waals surface area contributed by atoms with Crippen molar-refractivity contribution in [1.29, 1.82) is 0 Å². The van der Waals surface area contributed by atoms with Gasteiger partial charge in [-0.3, -0.25) is 4.79 Å². The molecule has 0 spiro atoms. The van der Waals surface area contributed by atoms with Crippen LogP contribution in [0.3, 0.4) is 0 Å². The van der Waals surface area contributed by atoms with Gasteiger partial charge in [0, 0.05) is 12.2 Å². The third-order valence-corrected chi connectivity index (χ3v) is 6.48. The number of carbonyl (C=O) groups excluding carboxylic acids is 1. The Labute approximate surface area is 176 Å². The normalized spacial score (nSPS) is 19.9. The minimum Gasteiger partial charge on any atom is -0.399 e. The first-order valence-electron chi connectivity index (χ1n) is 9.85. The van der Waals surface area contributed by atoms with Crippen molar-refractivity contribution >= 4 is 35.8 Å². The van der Waals surface area contributed by atoms with Crippen LogP contribution in [0.2, 0.25) is 5.02 Å². The molecule has 0 aliphatic carbocycles. The van der Waals surface area contributed by atoms with Crippen molar-refractivity contribution in [3.8, 4) is 0 Å². The summed E-state index contributed by atoms with van der Waals surface area (Å²) in [5, 5.41) is 0.121. The molecule has 2 aromatic rings. The molecule has 0 N–H and O–H groups in total. The largest absolute Gasteiger partial charge is 0.494 e. The average molecular weight is 416 g/mol. The van der Waals surface area contributed by atoms with E-state index in [1.807, 2.05) is 45.9 Å². The summed E-state index contributed by atoms with van der Waals surface area (Å²) in [6, 6.07) is 10.1. The number of anilines is 1. The Morgan fingerprint density at radius 1 is 1.14 bits per heavy atom. The minimum absolute atomic E-state index is 0.0861. The Morgan fingerprint density at radius 3 is 2.48 bits per heavy atom. The molecule has 7 heteroatoms. The zero-order valence-electron chi connectivity index (χ0n) is 17.1. The lowest BCUT2D eigenvalue weighted by atomic mass is 9.77. The van der Waals surface area contributed by atoms with E-state index in [1.165, 1.54) is 18.2 Å². The van der Waals surface area contributed by atoms with Gasteiger partial charge in [-0.05, 0) is 69.8 Å². The predicted octanol–water partition coefficient (Wildman–Crippen LogP) is 4.37. The molecule has 0 atom stereocenters. The van der Waals surface area contributed by atoms with Crippen molar-refractivity contribution in [3.05, 3.63) is 58.4 Å². The zero-order valence-corrected chi connectivity index (χ0v) is 17.8. The second kappa shape index (κ2) is 7.12. The van der Waals surface area contributed by atoms with Crippen LogP contribution in [0.25, 0.3) is 0 Å². The summed E-state index contributed by atoms with van der Waals surface area (Å²) in [6.07, 6.45) is 1.62. The fourth-order valence-corrected chi connectivity index (χ4v) is 4.03. The summed E-state index contributed by atoms with van der Waals surface area (Å²) in [5.41, 5.74) is 1.79. The maximum Gasteiger partial charge on any atom is 0.494 e. The van der Waals surface area contributed by atoms with E-state index < -0.39 is 30.0 Å². The molecule has 2 aromatic carbocycles. The van der Waals surface area contributed by atoms with Crippen LogP contribution in [0.15, 0.2) is 36.4 Å². The molecule has 0 unspecified atom stereocenters. The van der Waals surface area contributed by atoms with Gasteiger partial charge in [-0.1, -0.05) is 29.8 Å². The molecule has 2 heterocycles. The first-order chi connectivity index (χ1) is 13.6. The summed E-state index contributed by atoms with van der Waals surface area (Å²) in [4.78, 5) is 14.7. The van der Waals surface area contributed by atoms with Gasteiger partial charge >= 0.3 is 7.12 Å². The molecule has 4 nitrogen and oxygen atoms in total. The van der Waals surface area contributed by atoms with Gasteiger partial charge in [-0.25, -0.2) is 4.39 Å². The van der Waals surface area contributed by atoms with Crippen LogP contribution in [0.5, 0.6) is 0 Å². The summed E-state index contributed by atoms with van der Waals surface area (Å²) in [5.74, 6) is -1.03. The number of benzene rings is 2. The number of aryl methyl sites for hydroxylation is 1. The number of hydrogen-bond acceptors (Lipinski definition) is 3. The fourth-order valence-electron chi connectivity index (χ4n) is 3.79. The summed E-state index contributed by atoms with van der Waals surface area (Å²) in [7, 11) is -0.461. The molecule has 4 rings (SSSR count). The van der Waals surface area contributed by atoms with Gasteiger partial charge in [-0.2, -0.15) is 0 Å². The van der Waals surface area contributed by atoms with E-state index in [1.54, 1.807) is 4.90 Å². The highest BCUT2D eigenvalue weighted by Gasteiger charge is 2.51. The molecule has 0 saturated carbocycles. The molecule has 152 valence electrons. The number of fused-ring (bicyclic) bond motifs is 1. The van der Waals surface area contributed by atoms with E-state index in [2.05, 4.69) is 0 Å². The van der Waals surface area contributed by atoms with Crippen molar-refractivity contribution < 1.29 is 18.5 Å². The lowest BCUT2D eigenvalue weighted by Crippen LogP contribution is -2.41. The van der Waals surface area contributed by atoms with Gasteiger partial charge in [0.05, 0.1) is 21.8 Å². The first-order valence-corrected chi connectivity index (χ1v) is 10.2. The molecule has 0 radical (unpaired) electrons. The SMILES string of the molecule is CC1(C)OB(c2ccc3c(c2)CCCN3C(=O)c2c(F)cccc2Cl)OC1(C)C. The van der Waals surface area contributed by atoms with Crippen LogP contribution in [0, 0.1) is 5.82 Å². The summed E-state index contributed by atoms with van der Waals surface area (Å²) in [6.45, 7) is 8.59. The van der Waals surface area contributed by atoms with E-state index in [4.69, 9.17) is 20.9 Å². The van der Waals surface area contributed by atoms with Crippen LogP contribution < -0.4 is 10.4 Å². The van der Waals surface area contributed by atoms with E-state index in [0.717, 1.165) is 29.6 Å². The number of rotatable bonds is 2. The molecule has 2 aliphatic rings. The Bertz CT molecular complexity index is 942. The molecule has 2 aliphatic heterocycles. The highest BCUT2D eigenvalue weighted by atomic mass is 35.5. The van der Waals surface area contributed by atoms with E-state index >= 15 is 0 Å². The molecule has 29 heavy (non-hydrogen) atoms. The first kappa shape index (κ1) is 20.4. The maximum absolute atomic E-state index is 14.3.